The number of thiophene rings is 1. The van der Waals surface area contributed by atoms with E-state index in [1.165, 1.54) is 11.3 Å². The summed E-state index contributed by atoms with van der Waals surface area (Å²) in [5.41, 5.74) is 0. The molecule has 2 unspecified atom stereocenters. The molecule has 1 rings (SSSR count). The molecule has 0 fully saturated rings. The first-order valence-electron chi connectivity index (χ1n) is 4.72. The molecule has 1 heterocycles. The molecule has 0 aliphatic rings. The van der Waals surface area contributed by atoms with Crippen LogP contribution in [0.25, 0.3) is 0 Å². The van der Waals surface area contributed by atoms with Crippen LogP contribution in [0.4, 0.5) is 0 Å². The van der Waals surface area contributed by atoms with Crippen LogP contribution in [-0.4, -0.2) is 17.1 Å². The number of hydrogen-bond acceptors (Lipinski definition) is 3. The minimum atomic E-state index is -0.786. The van der Waals surface area contributed by atoms with E-state index in [0.717, 1.165) is 9.21 Å². The van der Waals surface area contributed by atoms with Gasteiger partial charge in [0.05, 0.1) is 10.8 Å². The van der Waals surface area contributed by atoms with E-state index in [9.17, 15) is 4.79 Å². The first kappa shape index (κ1) is 12.5. The van der Waals surface area contributed by atoms with Gasteiger partial charge in [-0.05, 0) is 26.0 Å². The second kappa shape index (κ2) is 5.49. The zero-order valence-corrected chi connectivity index (χ0v) is 10.2. The van der Waals surface area contributed by atoms with Gasteiger partial charge >= 0.3 is 5.97 Å². The standard InChI is InChI=1S/C10H14ClNO2S/c1-6(5-10(13)14)12-7(2)8-3-4-9(11)15-8/h3-4,6-7,12H,5H2,1-2H3,(H,13,14). The Balaban J connectivity index is 2.48. The minimum absolute atomic E-state index is 0.0432. The van der Waals surface area contributed by atoms with E-state index in [2.05, 4.69) is 5.32 Å². The van der Waals surface area contributed by atoms with Gasteiger partial charge in [-0.3, -0.25) is 4.79 Å². The second-order valence-corrected chi connectivity index (χ2v) is 5.28. The number of halogens is 1. The Morgan fingerprint density at radius 2 is 2.27 bits per heavy atom. The minimum Gasteiger partial charge on any atom is -0.481 e. The Morgan fingerprint density at radius 3 is 2.73 bits per heavy atom. The van der Waals surface area contributed by atoms with Gasteiger partial charge in [-0.15, -0.1) is 11.3 Å². The van der Waals surface area contributed by atoms with E-state index in [1.807, 2.05) is 26.0 Å². The third kappa shape index (κ3) is 4.20. The van der Waals surface area contributed by atoms with Crippen molar-refractivity contribution in [3.8, 4) is 0 Å². The molecule has 0 saturated heterocycles. The quantitative estimate of drug-likeness (QED) is 0.841. The summed E-state index contributed by atoms with van der Waals surface area (Å²) in [6, 6.07) is 3.90. The third-order valence-corrected chi connectivity index (χ3v) is 3.45. The lowest BCUT2D eigenvalue weighted by molar-refractivity contribution is -0.137. The van der Waals surface area contributed by atoms with Crippen LogP contribution in [0.1, 0.15) is 31.2 Å². The maximum absolute atomic E-state index is 10.5. The van der Waals surface area contributed by atoms with Crippen molar-refractivity contribution in [1.82, 2.24) is 5.32 Å². The Bertz CT molecular complexity index is 340. The van der Waals surface area contributed by atoms with Crippen LogP contribution in [0.15, 0.2) is 12.1 Å². The lowest BCUT2D eigenvalue weighted by Crippen LogP contribution is -2.30. The second-order valence-electron chi connectivity index (χ2n) is 3.53. The Morgan fingerprint density at radius 1 is 1.60 bits per heavy atom. The van der Waals surface area contributed by atoms with E-state index < -0.39 is 5.97 Å². The smallest absolute Gasteiger partial charge is 0.304 e. The summed E-state index contributed by atoms with van der Waals surface area (Å²) in [5.74, 6) is -0.786. The molecule has 0 radical (unpaired) electrons. The average Bonchev–Trinajstić information content (AvgIpc) is 2.49. The molecule has 3 nitrogen and oxygen atoms in total. The molecule has 5 heteroatoms. The fraction of sp³-hybridized carbons (Fsp3) is 0.500. The van der Waals surface area contributed by atoms with Gasteiger partial charge in [0.1, 0.15) is 0 Å². The van der Waals surface area contributed by atoms with Gasteiger partial charge in [0.2, 0.25) is 0 Å². The molecule has 0 bridgehead atoms. The first-order chi connectivity index (χ1) is 6.99. The normalized spacial score (nSPS) is 14.9. The van der Waals surface area contributed by atoms with Gasteiger partial charge in [0, 0.05) is 17.0 Å². The summed E-state index contributed by atoms with van der Waals surface area (Å²) in [7, 11) is 0. The topological polar surface area (TPSA) is 49.3 Å². The number of rotatable bonds is 5. The maximum Gasteiger partial charge on any atom is 0.304 e. The lowest BCUT2D eigenvalue weighted by Gasteiger charge is -2.17. The van der Waals surface area contributed by atoms with Gasteiger partial charge in [0.15, 0.2) is 0 Å². The summed E-state index contributed by atoms with van der Waals surface area (Å²) >= 11 is 7.33. The molecule has 0 aliphatic heterocycles. The predicted molar refractivity (Wildman–Crippen MR) is 62.6 cm³/mol. The van der Waals surface area contributed by atoms with Crippen molar-refractivity contribution in [3.63, 3.8) is 0 Å². The highest BCUT2D eigenvalue weighted by atomic mass is 35.5. The Hall–Kier alpha value is -0.580. The number of carbonyl (C=O) groups is 1. The van der Waals surface area contributed by atoms with Crippen LogP contribution in [-0.2, 0) is 4.79 Å². The number of nitrogens with one attached hydrogen (secondary N) is 1. The van der Waals surface area contributed by atoms with E-state index in [1.54, 1.807) is 0 Å². The summed E-state index contributed by atoms with van der Waals surface area (Å²) < 4.78 is 0.754. The molecule has 0 aromatic carbocycles. The van der Waals surface area contributed by atoms with Gasteiger partial charge in [-0.2, -0.15) is 0 Å². The van der Waals surface area contributed by atoms with E-state index in [-0.39, 0.29) is 18.5 Å². The highest BCUT2D eigenvalue weighted by Gasteiger charge is 2.13. The molecular weight excluding hydrogens is 234 g/mol. The van der Waals surface area contributed by atoms with E-state index in [0.29, 0.717) is 0 Å². The van der Waals surface area contributed by atoms with Crippen LogP contribution in [0.5, 0.6) is 0 Å². The molecule has 84 valence electrons. The molecule has 1 aromatic rings. The fourth-order valence-corrected chi connectivity index (χ4v) is 2.46. The first-order valence-corrected chi connectivity index (χ1v) is 5.91. The Kier molecular flexibility index (Phi) is 4.57. The summed E-state index contributed by atoms with van der Waals surface area (Å²) in [5, 5.41) is 11.8. The molecule has 0 amide bonds. The largest absolute Gasteiger partial charge is 0.481 e. The lowest BCUT2D eigenvalue weighted by atomic mass is 10.2. The van der Waals surface area contributed by atoms with Crippen LogP contribution < -0.4 is 5.32 Å². The molecular formula is C10H14ClNO2S. The van der Waals surface area contributed by atoms with Crippen molar-refractivity contribution in [1.29, 1.82) is 0 Å². The molecule has 15 heavy (non-hydrogen) atoms. The van der Waals surface area contributed by atoms with Crippen molar-refractivity contribution in [3.05, 3.63) is 21.3 Å². The zero-order chi connectivity index (χ0) is 11.4. The van der Waals surface area contributed by atoms with Crippen LogP contribution in [0.3, 0.4) is 0 Å². The van der Waals surface area contributed by atoms with Crippen molar-refractivity contribution in [2.75, 3.05) is 0 Å². The molecule has 1 aromatic heterocycles. The van der Waals surface area contributed by atoms with Crippen LogP contribution >= 0.6 is 22.9 Å². The van der Waals surface area contributed by atoms with Crippen LogP contribution in [0, 0.1) is 0 Å². The number of aliphatic carboxylic acids is 1. The SMILES string of the molecule is CC(CC(=O)O)NC(C)c1ccc(Cl)s1. The third-order valence-electron chi connectivity index (χ3n) is 2.04. The molecule has 2 N–H and O–H groups in total. The Labute approximate surface area is 98.1 Å². The number of hydrogen-bond donors (Lipinski definition) is 2. The number of carboxylic acids is 1. The maximum atomic E-state index is 10.5. The zero-order valence-electron chi connectivity index (χ0n) is 8.66. The average molecular weight is 248 g/mol. The van der Waals surface area contributed by atoms with Gasteiger partial charge in [0.25, 0.3) is 0 Å². The highest BCUT2D eigenvalue weighted by Crippen LogP contribution is 2.26. The van der Waals surface area contributed by atoms with Crippen molar-refractivity contribution in [2.45, 2.75) is 32.4 Å². The van der Waals surface area contributed by atoms with Crippen molar-refractivity contribution >= 4 is 28.9 Å². The van der Waals surface area contributed by atoms with Crippen molar-refractivity contribution < 1.29 is 9.90 Å². The monoisotopic (exact) mass is 247 g/mol. The predicted octanol–water partition coefficient (Wildman–Crippen LogP) is 2.92. The molecule has 0 aliphatic carbocycles. The van der Waals surface area contributed by atoms with Gasteiger partial charge in [-0.25, -0.2) is 0 Å². The van der Waals surface area contributed by atoms with Gasteiger partial charge in [-0.1, -0.05) is 11.6 Å². The van der Waals surface area contributed by atoms with Gasteiger partial charge < -0.3 is 10.4 Å². The van der Waals surface area contributed by atoms with Crippen molar-refractivity contribution in [2.24, 2.45) is 0 Å². The molecule has 0 spiro atoms. The van der Waals surface area contributed by atoms with E-state index in [4.69, 9.17) is 16.7 Å². The fourth-order valence-electron chi connectivity index (χ4n) is 1.39. The summed E-state index contributed by atoms with van der Waals surface area (Å²) in [4.78, 5) is 11.6. The van der Waals surface area contributed by atoms with Crippen LogP contribution in [0.2, 0.25) is 4.34 Å². The summed E-state index contributed by atoms with van der Waals surface area (Å²) in [6.07, 6.45) is 0.128. The highest BCUT2D eigenvalue weighted by molar-refractivity contribution is 7.16. The van der Waals surface area contributed by atoms with E-state index >= 15 is 0 Å². The molecule has 0 saturated carbocycles. The summed E-state index contributed by atoms with van der Waals surface area (Å²) in [6.45, 7) is 3.86. The number of carboxylic acid groups (broad SMARTS) is 1. The molecule has 2 atom stereocenters.